The largest absolute Gasteiger partial charge is 0.359 e. The number of rotatable bonds is 36. The zero-order valence-corrected chi connectivity index (χ0v) is 33.5. The lowest BCUT2D eigenvalue weighted by Gasteiger charge is -2.42. The van der Waals surface area contributed by atoms with E-state index in [0.29, 0.717) is 0 Å². The number of unbranched alkanes of at least 4 members (excludes halogenated alkanes) is 26. The van der Waals surface area contributed by atoms with Gasteiger partial charge < -0.3 is 4.65 Å². The van der Waals surface area contributed by atoms with Crippen molar-refractivity contribution in [2.24, 2.45) is 0 Å². The zero-order valence-electron chi connectivity index (χ0n) is 31.5. The summed E-state index contributed by atoms with van der Waals surface area (Å²) < 4.78 is 4.65. The third-order valence-electron chi connectivity index (χ3n) is 11.3. The molecule has 0 unspecified atom stereocenters. The molecule has 0 saturated heterocycles. The molecule has 0 aliphatic heterocycles. The van der Waals surface area contributed by atoms with Crippen molar-refractivity contribution in [3.63, 3.8) is 0 Å². The highest BCUT2D eigenvalue weighted by Crippen LogP contribution is 2.29. The minimum absolute atomic E-state index is 1.32. The Morgan fingerprint density at radius 1 is 0.256 bits per heavy atom. The van der Waals surface area contributed by atoms with Crippen LogP contribution in [0.4, 0.5) is 0 Å². The SMILES string of the molecule is CCCCCCCCCCCCCCCC[Si](CC)(CC)N[Si](CC)(CC)CCCCCCCCCCCCCCCC. The molecule has 3 heteroatoms. The van der Waals surface area contributed by atoms with Gasteiger partial charge in [-0.15, -0.1) is 0 Å². The van der Waals surface area contributed by atoms with Gasteiger partial charge in [0.25, 0.3) is 0 Å². The van der Waals surface area contributed by atoms with Crippen LogP contribution in [0.25, 0.3) is 0 Å². The molecule has 0 saturated carbocycles. The van der Waals surface area contributed by atoms with Crippen LogP contribution < -0.4 is 4.65 Å². The maximum atomic E-state index is 4.65. The first-order valence-electron chi connectivity index (χ1n) is 20.9. The van der Waals surface area contributed by atoms with Gasteiger partial charge in [-0.1, -0.05) is 221 Å². The summed E-state index contributed by atoms with van der Waals surface area (Å²) in [5, 5.41) is 0. The second-order valence-electron chi connectivity index (χ2n) is 14.8. The first kappa shape index (κ1) is 43.4. The van der Waals surface area contributed by atoms with Gasteiger partial charge in [0.1, 0.15) is 16.5 Å². The summed E-state index contributed by atoms with van der Waals surface area (Å²) in [6.45, 7) is 14.8. The average molecular weight is 638 g/mol. The number of nitrogens with one attached hydrogen (secondary N) is 1. The fourth-order valence-corrected chi connectivity index (χ4v) is 20.2. The van der Waals surface area contributed by atoms with E-state index in [9.17, 15) is 0 Å². The topological polar surface area (TPSA) is 12.0 Å². The highest BCUT2D eigenvalue weighted by Gasteiger charge is 2.38. The smallest absolute Gasteiger partial charge is 0.118 e. The minimum Gasteiger partial charge on any atom is -0.359 e. The Balaban J connectivity index is 4.07. The van der Waals surface area contributed by atoms with E-state index in [1.165, 1.54) is 204 Å². The average Bonchev–Trinajstić information content (AvgIpc) is 3.03. The van der Waals surface area contributed by atoms with Crippen LogP contribution in [0.1, 0.15) is 221 Å². The van der Waals surface area contributed by atoms with Crippen LogP contribution in [-0.2, 0) is 0 Å². The van der Waals surface area contributed by atoms with Crippen molar-refractivity contribution in [3.05, 3.63) is 0 Å². The lowest BCUT2D eigenvalue weighted by molar-refractivity contribution is 0.537. The predicted molar refractivity (Wildman–Crippen MR) is 207 cm³/mol. The van der Waals surface area contributed by atoms with Gasteiger partial charge in [-0.2, -0.15) is 0 Å². The van der Waals surface area contributed by atoms with E-state index in [1.54, 1.807) is 12.1 Å². The molecule has 260 valence electrons. The Morgan fingerprint density at radius 2 is 0.442 bits per heavy atom. The van der Waals surface area contributed by atoms with E-state index in [4.69, 9.17) is 0 Å². The predicted octanol–water partition coefficient (Wildman–Crippen LogP) is 15.5. The molecular weight excluding hydrogens is 551 g/mol. The van der Waals surface area contributed by atoms with E-state index in [0.717, 1.165) is 0 Å². The van der Waals surface area contributed by atoms with E-state index >= 15 is 0 Å². The van der Waals surface area contributed by atoms with Gasteiger partial charge in [0.15, 0.2) is 0 Å². The Kier molecular flexibility index (Phi) is 32.6. The summed E-state index contributed by atoms with van der Waals surface area (Å²) in [7, 11) is -2.64. The Bertz CT molecular complexity index is 483. The summed E-state index contributed by atoms with van der Waals surface area (Å²) in [4.78, 5) is 0. The van der Waals surface area contributed by atoms with Crippen LogP contribution in [0.3, 0.4) is 0 Å². The van der Waals surface area contributed by atoms with Gasteiger partial charge in [0.05, 0.1) is 0 Å². The monoisotopic (exact) mass is 638 g/mol. The molecule has 0 radical (unpaired) electrons. The first-order valence-corrected chi connectivity index (χ1v) is 26.1. The van der Waals surface area contributed by atoms with Crippen LogP contribution in [0.5, 0.6) is 0 Å². The Morgan fingerprint density at radius 3 is 0.628 bits per heavy atom. The molecule has 0 aliphatic carbocycles. The molecule has 43 heavy (non-hydrogen) atoms. The minimum atomic E-state index is -1.32. The molecular formula is C40H87NSi2. The molecule has 0 bridgehead atoms. The number of hydrogen-bond acceptors (Lipinski definition) is 1. The molecule has 1 nitrogen and oxygen atoms in total. The van der Waals surface area contributed by atoms with Crippen LogP contribution >= 0.6 is 0 Å². The Hall–Kier alpha value is 0.394. The summed E-state index contributed by atoms with van der Waals surface area (Å²) in [6, 6.07) is 8.91. The zero-order chi connectivity index (χ0) is 31.7. The van der Waals surface area contributed by atoms with Crippen LogP contribution in [0.15, 0.2) is 0 Å². The normalized spacial score (nSPS) is 12.4. The second-order valence-corrected chi connectivity index (χ2v) is 24.7. The lowest BCUT2D eigenvalue weighted by atomic mass is 10.0. The summed E-state index contributed by atoms with van der Waals surface area (Å²) in [6.07, 6.45) is 41.2. The van der Waals surface area contributed by atoms with Crippen molar-refractivity contribution in [2.75, 3.05) is 0 Å². The van der Waals surface area contributed by atoms with Crippen molar-refractivity contribution in [3.8, 4) is 0 Å². The van der Waals surface area contributed by atoms with Crippen molar-refractivity contribution < 1.29 is 0 Å². The van der Waals surface area contributed by atoms with Gasteiger partial charge in [-0.3, -0.25) is 0 Å². The van der Waals surface area contributed by atoms with Crippen LogP contribution in [0, 0.1) is 0 Å². The van der Waals surface area contributed by atoms with E-state index in [-0.39, 0.29) is 0 Å². The van der Waals surface area contributed by atoms with Gasteiger partial charge in [0, 0.05) is 0 Å². The molecule has 0 spiro atoms. The lowest BCUT2D eigenvalue weighted by Crippen LogP contribution is -2.63. The highest BCUT2D eigenvalue weighted by molar-refractivity contribution is 6.93. The standard InChI is InChI=1S/C40H87NSi2/c1-7-13-15-17-19-21-23-25-27-29-31-33-35-37-39-42(9-3,10-4)41-43(11-5,12-6)40-38-36-34-32-30-28-26-24-22-20-18-16-14-8-2/h41H,7-40H2,1-6H3. The van der Waals surface area contributed by atoms with Crippen molar-refractivity contribution >= 4 is 16.5 Å². The molecule has 0 fully saturated rings. The molecule has 0 aromatic rings. The van der Waals surface area contributed by atoms with Gasteiger partial charge >= 0.3 is 0 Å². The fourth-order valence-electron chi connectivity index (χ4n) is 7.56. The maximum absolute atomic E-state index is 4.65. The third-order valence-corrected chi connectivity index (χ3v) is 23.5. The molecule has 0 amide bonds. The maximum Gasteiger partial charge on any atom is 0.118 e. The summed E-state index contributed by atoms with van der Waals surface area (Å²) in [5.74, 6) is 0. The Labute approximate surface area is 277 Å². The molecule has 0 aromatic carbocycles. The second kappa shape index (κ2) is 32.3. The van der Waals surface area contributed by atoms with Crippen molar-refractivity contribution in [1.82, 2.24) is 4.65 Å². The van der Waals surface area contributed by atoms with Crippen LogP contribution in [-0.4, -0.2) is 16.5 Å². The third kappa shape index (κ3) is 25.2. The molecule has 0 rings (SSSR count). The highest BCUT2D eigenvalue weighted by atomic mass is 28.4. The molecule has 0 aliphatic rings. The number of hydrogen-bond donors (Lipinski definition) is 1. The molecule has 0 atom stereocenters. The molecule has 1 N–H and O–H groups in total. The molecule has 0 aromatic heterocycles. The quantitative estimate of drug-likeness (QED) is 0.0532. The summed E-state index contributed by atoms with van der Waals surface area (Å²) in [5.41, 5.74) is 0. The summed E-state index contributed by atoms with van der Waals surface area (Å²) >= 11 is 0. The first-order chi connectivity index (χ1) is 21.1. The molecule has 0 heterocycles. The van der Waals surface area contributed by atoms with Crippen LogP contribution in [0.2, 0.25) is 36.3 Å². The van der Waals surface area contributed by atoms with Gasteiger partial charge in [0.2, 0.25) is 0 Å². The van der Waals surface area contributed by atoms with E-state index < -0.39 is 16.5 Å². The van der Waals surface area contributed by atoms with Gasteiger partial charge in [-0.25, -0.2) is 0 Å². The van der Waals surface area contributed by atoms with E-state index in [1.807, 2.05) is 0 Å². The van der Waals surface area contributed by atoms with Crippen molar-refractivity contribution in [2.45, 2.75) is 258 Å². The fraction of sp³-hybridized carbons (Fsp3) is 1.00. The van der Waals surface area contributed by atoms with Gasteiger partial charge in [-0.05, 0) is 36.3 Å². The van der Waals surface area contributed by atoms with E-state index in [2.05, 4.69) is 46.2 Å². The van der Waals surface area contributed by atoms with Crippen molar-refractivity contribution in [1.29, 1.82) is 0 Å².